The topological polar surface area (TPSA) is 79.0 Å². The maximum absolute atomic E-state index is 13.1. The Hall–Kier alpha value is -3.35. The number of carbonyl (C=O) groups is 3. The van der Waals surface area contributed by atoms with Crippen LogP contribution < -0.4 is 15.0 Å². The zero-order valence-electron chi connectivity index (χ0n) is 18.4. The van der Waals surface area contributed by atoms with E-state index in [-0.39, 0.29) is 49.3 Å². The van der Waals surface area contributed by atoms with Gasteiger partial charge in [-0.1, -0.05) is 44.2 Å². The van der Waals surface area contributed by atoms with Crippen LogP contribution in [0.4, 0.5) is 11.4 Å². The number of likely N-dealkylation sites (N-methyl/N-ethyl adjacent to an activating group) is 1. The summed E-state index contributed by atoms with van der Waals surface area (Å²) < 4.78 is 5.75. The standard InChI is InChI=1S/C24H29N3O4/c1-16(2)18-9-5-8-12-21(18)31-15-24(30)26(4)14-23(29)27-17(3)13-22(28)25-19-10-6-7-11-20(19)27/h5-12,16-17H,13-15H2,1-4H3,(H,25,28)/t17-/m1/s1. The third-order valence-corrected chi connectivity index (χ3v) is 5.32. The van der Waals surface area contributed by atoms with Crippen LogP contribution in [0.5, 0.6) is 5.75 Å². The summed E-state index contributed by atoms with van der Waals surface area (Å²) in [5, 5.41) is 2.83. The Labute approximate surface area is 183 Å². The predicted octanol–water partition coefficient (Wildman–Crippen LogP) is 3.41. The third kappa shape index (κ3) is 5.23. The Morgan fingerprint density at radius 1 is 1.16 bits per heavy atom. The fraction of sp³-hybridized carbons (Fsp3) is 0.375. The van der Waals surface area contributed by atoms with Gasteiger partial charge in [-0.05, 0) is 36.6 Å². The molecule has 1 aliphatic heterocycles. The first-order valence-electron chi connectivity index (χ1n) is 10.4. The smallest absolute Gasteiger partial charge is 0.260 e. The fourth-order valence-electron chi connectivity index (χ4n) is 3.67. The van der Waals surface area contributed by atoms with Crippen LogP contribution in [0.25, 0.3) is 0 Å². The van der Waals surface area contributed by atoms with E-state index in [2.05, 4.69) is 19.2 Å². The monoisotopic (exact) mass is 423 g/mol. The van der Waals surface area contributed by atoms with E-state index in [1.165, 1.54) is 4.90 Å². The lowest BCUT2D eigenvalue weighted by molar-refractivity contribution is -0.135. The number of benzene rings is 2. The van der Waals surface area contributed by atoms with E-state index in [0.29, 0.717) is 17.1 Å². The molecule has 31 heavy (non-hydrogen) atoms. The summed E-state index contributed by atoms with van der Waals surface area (Å²) in [6.45, 7) is 5.69. The van der Waals surface area contributed by atoms with Crippen LogP contribution in [0.15, 0.2) is 48.5 Å². The number of ether oxygens (including phenoxy) is 1. The number of carbonyl (C=O) groups excluding carboxylic acids is 3. The van der Waals surface area contributed by atoms with Gasteiger partial charge in [0.25, 0.3) is 5.91 Å². The SMILES string of the molecule is CC(C)c1ccccc1OCC(=O)N(C)CC(=O)N1c2ccccc2NC(=O)C[C@H]1C. The van der Waals surface area contributed by atoms with Gasteiger partial charge in [0.2, 0.25) is 11.8 Å². The minimum Gasteiger partial charge on any atom is -0.483 e. The molecule has 0 aromatic heterocycles. The van der Waals surface area contributed by atoms with Crippen LogP contribution in [0.1, 0.15) is 38.7 Å². The molecular weight excluding hydrogens is 394 g/mol. The zero-order valence-corrected chi connectivity index (χ0v) is 18.4. The molecule has 0 spiro atoms. The highest BCUT2D eigenvalue weighted by Crippen LogP contribution is 2.31. The average Bonchev–Trinajstić information content (AvgIpc) is 2.85. The number of hydrogen-bond donors (Lipinski definition) is 1. The quantitative estimate of drug-likeness (QED) is 0.772. The molecule has 0 fully saturated rings. The lowest BCUT2D eigenvalue weighted by Crippen LogP contribution is -2.46. The summed E-state index contributed by atoms with van der Waals surface area (Å²) in [6, 6.07) is 14.5. The van der Waals surface area contributed by atoms with Crippen molar-refractivity contribution in [3.05, 3.63) is 54.1 Å². The van der Waals surface area contributed by atoms with Gasteiger partial charge in [0, 0.05) is 19.5 Å². The minimum absolute atomic E-state index is 0.110. The van der Waals surface area contributed by atoms with E-state index in [1.807, 2.05) is 37.3 Å². The highest BCUT2D eigenvalue weighted by atomic mass is 16.5. The summed E-state index contributed by atoms with van der Waals surface area (Å²) in [4.78, 5) is 40.8. The van der Waals surface area contributed by atoms with Crippen molar-refractivity contribution in [3.8, 4) is 5.75 Å². The molecule has 1 aliphatic rings. The van der Waals surface area contributed by atoms with Crippen molar-refractivity contribution in [2.24, 2.45) is 0 Å². The molecule has 0 unspecified atom stereocenters. The van der Waals surface area contributed by atoms with Gasteiger partial charge in [0.15, 0.2) is 6.61 Å². The van der Waals surface area contributed by atoms with Crippen LogP contribution >= 0.6 is 0 Å². The van der Waals surface area contributed by atoms with Crippen LogP contribution in [0, 0.1) is 0 Å². The van der Waals surface area contributed by atoms with Gasteiger partial charge in [-0.15, -0.1) is 0 Å². The second-order valence-corrected chi connectivity index (χ2v) is 8.11. The van der Waals surface area contributed by atoms with E-state index in [0.717, 1.165) is 5.56 Å². The molecule has 7 heteroatoms. The second-order valence-electron chi connectivity index (χ2n) is 8.11. The first-order valence-corrected chi connectivity index (χ1v) is 10.4. The first-order chi connectivity index (χ1) is 14.8. The molecule has 7 nitrogen and oxygen atoms in total. The van der Waals surface area contributed by atoms with Crippen LogP contribution in [0.2, 0.25) is 0 Å². The zero-order chi connectivity index (χ0) is 22.5. The average molecular weight is 424 g/mol. The van der Waals surface area contributed by atoms with Gasteiger partial charge in [-0.25, -0.2) is 0 Å². The van der Waals surface area contributed by atoms with Gasteiger partial charge in [0.05, 0.1) is 17.9 Å². The molecule has 164 valence electrons. The van der Waals surface area contributed by atoms with Crippen LogP contribution in [-0.2, 0) is 14.4 Å². The van der Waals surface area contributed by atoms with E-state index in [4.69, 9.17) is 4.74 Å². The largest absolute Gasteiger partial charge is 0.483 e. The van der Waals surface area contributed by atoms with Crippen molar-refractivity contribution in [2.75, 3.05) is 30.4 Å². The van der Waals surface area contributed by atoms with E-state index in [9.17, 15) is 14.4 Å². The number of hydrogen-bond acceptors (Lipinski definition) is 4. The van der Waals surface area contributed by atoms with Crippen molar-refractivity contribution in [1.82, 2.24) is 4.90 Å². The molecular formula is C24H29N3O4. The summed E-state index contributed by atoms with van der Waals surface area (Å²) in [5.74, 6) is 0.250. The highest BCUT2D eigenvalue weighted by Gasteiger charge is 2.30. The molecule has 0 aliphatic carbocycles. The fourth-order valence-corrected chi connectivity index (χ4v) is 3.67. The van der Waals surface area contributed by atoms with Crippen LogP contribution in [-0.4, -0.2) is 48.9 Å². The molecule has 3 rings (SSSR count). The minimum atomic E-state index is -0.325. The summed E-state index contributed by atoms with van der Waals surface area (Å²) in [5.41, 5.74) is 2.25. The van der Waals surface area contributed by atoms with Gasteiger partial charge < -0.3 is 19.9 Å². The summed E-state index contributed by atoms with van der Waals surface area (Å²) in [6.07, 6.45) is 0.188. The van der Waals surface area contributed by atoms with Crippen molar-refractivity contribution >= 4 is 29.1 Å². The van der Waals surface area contributed by atoms with Crippen molar-refractivity contribution in [3.63, 3.8) is 0 Å². The van der Waals surface area contributed by atoms with Crippen LogP contribution in [0.3, 0.4) is 0 Å². The maximum atomic E-state index is 13.1. The molecule has 1 heterocycles. The number of nitrogens with zero attached hydrogens (tertiary/aromatic N) is 2. The van der Waals surface area contributed by atoms with Crippen molar-refractivity contribution in [1.29, 1.82) is 0 Å². The Bertz CT molecular complexity index is 973. The number of rotatable bonds is 6. The van der Waals surface area contributed by atoms with Gasteiger partial charge in [-0.3, -0.25) is 14.4 Å². The van der Waals surface area contributed by atoms with Crippen molar-refractivity contribution < 1.29 is 19.1 Å². The van der Waals surface area contributed by atoms with Gasteiger partial charge >= 0.3 is 0 Å². The van der Waals surface area contributed by atoms with Crippen molar-refractivity contribution in [2.45, 2.75) is 39.2 Å². The Morgan fingerprint density at radius 3 is 2.58 bits per heavy atom. The molecule has 0 saturated heterocycles. The molecule has 2 aromatic rings. The number of anilines is 2. The first kappa shape index (κ1) is 22.3. The predicted molar refractivity (Wildman–Crippen MR) is 120 cm³/mol. The lowest BCUT2D eigenvalue weighted by atomic mass is 10.0. The Kier molecular flexibility index (Phi) is 6.95. The number of amides is 3. The third-order valence-electron chi connectivity index (χ3n) is 5.32. The summed E-state index contributed by atoms with van der Waals surface area (Å²) >= 11 is 0. The highest BCUT2D eigenvalue weighted by molar-refractivity contribution is 6.05. The molecule has 2 aromatic carbocycles. The van der Waals surface area contributed by atoms with Gasteiger partial charge in [-0.2, -0.15) is 0 Å². The number of nitrogens with one attached hydrogen (secondary N) is 1. The Morgan fingerprint density at radius 2 is 1.84 bits per heavy atom. The Balaban J connectivity index is 1.67. The summed E-state index contributed by atoms with van der Waals surface area (Å²) in [7, 11) is 1.58. The second kappa shape index (κ2) is 9.64. The van der Waals surface area contributed by atoms with Gasteiger partial charge in [0.1, 0.15) is 5.75 Å². The number of para-hydroxylation sites is 3. The number of fused-ring (bicyclic) bond motifs is 1. The molecule has 3 amide bonds. The molecule has 0 bridgehead atoms. The van der Waals surface area contributed by atoms with E-state index >= 15 is 0 Å². The lowest BCUT2D eigenvalue weighted by Gasteiger charge is -2.29. The maximum Gasteiger partial charge on any atom is 0.260 e. The van der Waals surface area contributed by atoms with E-state index < -0.39 is 0 Å². The molecule has 0 radical (unpaired) electrons. The molecule has 1 atom stereocenters. The molecule has 0 saturated carbocycles. The normalized spacial score (nSPS) is 15.7. The van der Waals surface area contributed by atoms with E-state index in [1.54, 1.807) is 30.1 Å². The molecule has 1 N–H and O–H groups in total.